The molecule has 0 aliphatic heterocycles. The van der Waals surface area contributed by atoms with Crippen LogP contribution in [0, 0.1) is 0 Å². The monoisotopic (exact) mass is 339 g/mol. The normalized spacial score (nSPS) is 15.7. The van der Waals surface area contributed by atoms with Crippen LogP contribution in [0.4, 0.5) is 8.78 Å². The van der Waals surface area contributed by atoms with Crippen LogP contribution in [0.3, 0.4) is 0 Å². The molecule has 4 nitrogen and oxygen atoms in total. The van der Waals surface area contributed by atoms with Crippen LogP contribution >= 0.6 is 11.6 Å². The van der Waals surface area contributed by atoms with E-state index < -0.39 is 12.0 Å². The van der Waals surface area contributed by atoms with Gasteiger partial charge in [0.05, 0.1) is 12.0 Å². The second kappa shape index (κ2) is 5.92. The van der Waals surface area contributed by atoms with Crippen LogP contribution in [0.5, 0.6) is 0 Å². The maximum Gasteiger partial charge on any atom is 0.319 e. The van der Waals surface area contributed by atoms with Gasteiger partial charge in [0.2, 0.25) is 5.91 Å². The van der Waals surface area contributed by atoms with Crippen LogP contribution in [0.1, 0.15) is 30.8 Å². The quantitative estimate of drug-likeness (QED) is 0.834. The highest BCUT2D eigenvalue weighted by Gasteiger charge is 2.52. The van der Waals surface area contributed by atoms with Crippen LogP contribution in [0.25, 0.3) is 0 Å². The molecule has 1 aliphatic carbocycles. The average Bonchev–Trinajstić information content (AvgIpc) is 3.20. The summed E-state index contributed by atoms with van der Waals surface area (Å²) in [6.07, 6.45) is 3.99. The van der Waals surface area contributed by atoms with Gasteiger partial charge in [-0.05, 0) is 30.5 Å². The number of benzene rings is 1. The van der Waals surface area contributed by atoms with Gasteiger partial charge in [-0.15, -0.1) is 0 Å². The van der Waals surface area contributed by atoms with Crippen LogP contribution in [-0.4, -0.2) is 27.4 Å². The molecule has 3 rings (SSSR count). The molecule has 1 aromatic heterocycles. The lowest BCUT2D eigenvalue weighted by molar-refractivity contribution is -0.133. The van der Waals surface area contributed by atoms with E-state index in [0.717, 1.165) is 23.0 Å². The van der Waals surface area contributed by atoms with Crippen molar-refractivity contribution < 1.29 is 13.6 Å². The zero-order chi connectivity index (χ0) is 16.6. The molecule has 0 spiro atoms. The van der Waals surface area contributed by atoms with E-state index in [-0.39, 0.29) is 18.3 Å². The third-order valence-corrected chi connectivity index (χ3v) is 4.46. The first-order valence-corrected chi connectivity index (χ1v) is 7.63. The topological polar surface area (TPSA) is 38.1 Å². The van der Waals surface area contributed by atoms with Gasteiger partial charge in [0.25, 0.3) is 0 Å². The molecular formula is C16H16ClF2N3O. The van der Waals surface area contributed by atoms with Crippen molar-refractivity contribution in [2.75, 3.05) is 7.05 Å². The van der Waals surface area contributed by atoms with E-state index in [2.05, 4.69) is 4.98 Å². The number of alkyl halides is 2. The second-order valence-electron chi connectivity index (χ2n) is 5.78. The third kappa shape index (κ3) is 2.95. The Balaban J connectivity index is 1.79. The van der Waals surface area contributed by atoms with Crippen LogP contribution in [0.15, 0.2) is 36.7 Å². The van der Waals surface area contributed by atoms with Crippen LogP contribution < -0.4 is 0 Å². The van der Waals surface area contributed by atoms with Crippen molar-refractivity contribution in [3.63, 3.8) is 0 Å². The van der Waals surface area contributed by atoms with Gasteiger partial charge in [-0.2, -0.15) is 8.78 Å². The van der Waals surface area contributed by atoms with Gasteiger partial charge in [0.1, 0.15) is 5.82 Å². The number of nitrogens with zero attached hydrogens (tertiary/aromatic N) is 3. The molecule has 23 heavy (non-hydrogen) atoms. The summed E-state index contributed by atoms with van der Waals surface area (Å²) in [7, 11) is 1.61. The van der Waals surface area contributed by atoms with E-state index in [1.54, 1.807) is 19.2 Å². The maximum absolute atomic E-state index is 12.9. The fourth-order valence-corrected chi connectivity index (χ4v) is 3.02. The molecule has 1 saturated carbocycles. The largest absolute Gasteiger partial charge is 0.338 e. The van der Waals surface area contributed by atoms with Crippen LogP contribution in [-0.2, 0) is 16.8 Å². The fraction of sp³-hybridized carbons (Fsp3) is 0.375. The lowest BCUT2D eigenvalue weighted by atomic mass is 9.94. The third-order valence-electron chi connectivity index (χ3n) is 4.22. The van der Waals surface area contributed by atoms with Crippen LogP contribution in [0.2, 0.25) is 5.02 Å². The summed E-state index contributed by atoms with van der Waals surface area (Å²) in [5, 5.41) is 0.581. The van der Waals surface area contributed by atoms with Gasteiger partial charge < -0.3 is 4.90 Å². The molecule has 0 atom stereocenters. The first kappa shape index (κ1) is 15.9. The summed E-state index contributed by atoms with van der Waals surface area (Å²) in [4.78, 5) is 18.2. The molecule has 0 bridgehead atoms. The number of amides is 1. The van der Waals surface area contributed by atoms with Gasteiger partial charge in [0.15, 0.2) is 0 Å². The number of likely N-dealkylation sites (N-methyl/N-ethyl adjacent to an activating group) is 1. The number of hydrogen-bond donors (Lipinski definition) is 0. The van der Waals surface area contributed by atoms with E-state index in [9.17, 15) is 13.6 Å². The number of imidazole rings is 1. The molecule has 0 unspecified atom stereocenters. The highest BCUT2D eigenvalue weighted by atomic mass is 35.5. The Morgan fingerprint density at radius 1 is 1.48 bits per heavy atom. The van der Waals surface area contributed by atoms with E-state index in [0.29, 0.717) is 5.02 Å². The number of carbonyl (C=O) groups is 1. The Bertz CT molecular complexity index is 728. The molecule has 2 aromatic rings. The van der Waals surface area contributed by atoms with Crippen molar-refractivity contribution in [3.05, 3.63) is 53.1 Å². The standard InChI is InChI=1S/C16H16ClF2N3O/c1-21(10-13-20-7-8-22(13)15(18)19)14(23)16(5-6-16)11-3-2-4-12(17)9-11/h2-4,7-9,15H,5-6,10H2,1H3. The highest BCUT2D eigenvalue weighted by molar-refractivity contribution is 6.30. The number of rotatable bonds is 5. The number of aromatic nitrogens is 2. The minimum absolute atomic E-state index is 0.0402. The zero-order valence-corrected chi connectivity index (χ0v) is 13.3. The van der Waals surface area contributed by atoms with Gasteiger partial charge in [-0.1, -0.05) is 23.7 Å². The summed E-state index contributed by atoms with van der Waals surface area (Å²) >= 11 is 6.01. The Labute approximate surface area is 137 Å². The Kier molecular flexibility index (Phi) is 4.10. The summed E-state index contributed by atoms with van der Waals surface area (Å²) in [5.74, 6) is 0.0707. The summed E-state index contributed by atoms with van der Waals surface area (Å²) in [5.41, 5.74) is 0.293. The summed E-state index contributed by atoms with van der Waals surface area (Å²) in [6.45, 7) is -2.63. The second-order valence-corrected chi connectivity index (χ2v) is 6.22. The van der Waals surface area contributed by atoms with Gasteiger partial charge in [-0.3, -0.25) is 9.36 Å². The minimum Gasteiger partial charge on any atom is -0.338 e. The summed E-state index contributed by atoms with van der Waals surface area (Å²) in [6, 6.07) is 7.24. The summed E-state index contributed by atoms with van der Waals surface area (Å²) < 4.78 is 26.5. The molecule has 1 aromatic carbocycles. The molecule has 0 saturated heterocycles. The molecule has 1 fully saturated rings. The van der Waals surface area contributed by atoms with Crippen molar-refractivity contribution in [1.82, 2.24) is 14.5 Å². The molecule has 122 valence electrons. The first-order valence-electron chi connectivity index (χ1n) is 7.25. The molecule has 0 N–H and O–H groups in total. The van der Waals surface area contributed by atoms with E-state index in [1.807, 2.05) is 12.1 Å². The van der Waals surface area contributed by atoms with Gasteiger partial charge >= 0.3 is 6.55 Å². The molecule has 7 heteroatoms. The Morgan fingerprint density at radius 3 is 2.83 bits per heavy atom. The van der Waals surface area contributed by atoms with E-state index >= 15 is 0 Å². The fourth-order valence-electron chi connectivity index (χ4n) is 2.83. The Morgan fingerprint density at radius 2 is 2.22 bits per heavy atom. The van der Waals surface area contributed by atoms with Crippen molar-refractivity contribution >= 4 is 17.5 Å². The maximum atomic E-state index is 12.9. The van der Waals surface area contributed by atoms with Crippen molar-refractivity contribution in [1.29, 1.82) is 0 Å². The Hall–Kier alpha value is -1.95. The minimum atomic E-state index is -2.67. The zero-order valence-electron chi connectivity index (χ0n) is 12.5. The molecule has 1 aliphatic rings. The molecule has 1 heterocycles. The SMILES string of the molecule is CN(Cc1nccn1C(F)F)C(=O)C1(c2cccc(Cl)c2)CC1. The predicted molar refractivity (Wildman–Crippen MR) is 82.3 cm³/mol. The average molecular weight is 340 g/mol. The number of halogens is 3. The molecule has 0 radical (unpaired) electrons. The van der Waals surface area contributed by atoms with E-state index in [1.165, 1.54) is 17.3 Å². The van der Waals surface area contributed by atoms with Crippen molar-refractivity contribution in [3.8, 4) is 0 Å². The number of carbonyl (C=O) groups excluding carboxylic acids is 1. The van der Waals surface area contributed by atoms with Crippen molar-refractivity contribution in [2.45, 2.75) is 31.4 Å². The lowest BCUT2D eigenvalue weighted by Crippen LogP contribution is -2.36. The predicted octanol–water partition coefficient (Wildman–Crippen LogP) is 3.62. The van der Waals surface area contributed by atoms with Gasteiger partial charge in [-0.25, -0.2) is 4.98 Å². The highest BCUT2D eigenvalue weighted by Crippen LogP contribution is 2.50. The van der Waals surface area contributed by atoms with Gasteiger partial charge in [0, 0.05) is 24.5 Å². The van der Waals surface area contributed by atoms with E-state index in [4.69, 9.17) is 11.6 Å². The smallest absolute Gasteiger partial charge is 0.319 e. The number of hydrogen-bond acceptors (Lipinski definition) is 2. The first-order chi connectivity index (χ1) is 10.9. The lowest BCUT2D eigenvalue weighted by Gasteiger charge is -2.24. The van der Waals surface area contributed by atoms with Crippen molar-refractivity contribution in [2.24, 2.45) is 0 Å². The molecular weight excluding hydrogens is 324 g/mol. The molecule has 1 amide bonds.